The van der Waals surface area contributed by atoms with Crippen LogP contribution in [-0.2, 0) is 65.4 Å². The van der Waals surface area contributed by atoms with Crippen LogP contribution in [0.15, 0.2) is 0 Å². The molecule has 19 heteroatoms. The fourth-order valence-electron chi connectivity index (χ4n) is 10.7. The molecule has 0 heterocycles. The zero-order valence-corrected chi connectivity index (χ0v) is 60.2. The van der Waals surface area contributed by atoms with E-state index in [1.54, 1.807) is 0 Å². The molecule has 0 saturated carbocycles. The maximum Gasteiger partial charge on any atom is 0.472 e. The summed E-state index contributed by atoms with van der Waals surface area (Å²) in [4.78, 5) is 72.5. The van der Waals surface area contributed by atoms with Crippen LogP contribution in [0, 0.1) is 11.8 Å². The summed E-state index contributed by atoms with van der Waals surface area (Å²) in [5.74, 6) is -0.630. The normalized spacial score (nSPS) is 14.7. The summed E-state index contributed by atoms with van der Waals surface area (Å²) in [7, 11) is -9.90. The van der Waals surface area contributed by atoms with Gasteiger partial charge >= 0.3 is 39.5 Å². The molecule has 0 spiro atoms. The van der Waals surface area contributed by atoms with Crippen molar-refractivity contribution in [1.82, 2.24) is 0 Å². The number of esters is 4. The Morgan fingerprint density at radius 3 is 0.789 bits per heavy atom. The number of hydrogen-bond donors (Lipinski definition) is 3. The summed E-state index contributed by atoms with van der Waals surface area (Å²) in [6, 6.07) is 0. The number of phosphoric acid groups is 2. The third-order valence-corrected chi connectivity index (χ3v) is 19.1. The largest absolute Gasteiger partial charge is 0.472 e. The van der Waals surface area contributed by atoms with Crippen molar-refractivity contribution in [2.24, 2.45) is 11.8 Å². The molecule has 0 amide bonds. The molecule has 0 aromatic rings. The summed E-state index contributed by atoms with van der Waals surface area (Å²) >= 11 is 0. The van der Waals surface area contributed by atoms with E-state index in [-0.39, 0.29) is 25.7 Å². The molecule has 534 valence electrons. The molecular formula is C71H138O17P2. The predicted octanol–water partition coefficient (Wildman–Crippen LogP) is 20.4. The lowest BCUT2D eigenvalue weighted by Crippen LogP contribution is -2.30. The van der Waals surface area contributed by atoms with Crippen molar-refractivity contribution in [3.63, 3.8) is 0 Å². The number of carbonyl (C=O) groups excluding carboxylic acids is 4. The lowest BCUT2D eigenvalue weighted by molar-refractivity contribution is -0.161. The molecule has 0 aliphatic heterocycles. The smallest absolute Gasteiger partial charge is 0.462 e. The topological polar surface area (TPSA) is 237 Å². The van der Waals surface area contributed by atoms with E-state index < -0.39 is 97.5 Å². The van der Waals surface area contributed by atoms with E-state index in [1.165, 1.54) is 180 Å². The first-order chi connectivity index (χ1) is 43.4. The Bertz CT molecular complexity index is 1760. The maximum atomic E-state index is 13.0. The molecular weight excluding hydrogens is 1190 g/mol. The lowest BCUT2D eigenvalue weighted by Gasteiger charge is -2.21. The predicted molar refractivity (Wildman–Crippen MR) is 363 cm³/mol. The molecule has 17 nitrogen and oxygen atoms in total. The highest BCUT2D eigenvalue weighted by Gasteiger charge is 2.30. The van der Waals surface area contributed by atoms with Crippen LogP contribution in [0.4, 0.5) is 0 Å². The minimum atomic E-state index is -4.95. The first-order valence-electron chi connectivity index (χ1n) is 37.1. The maximum absolute atomic E-state index is 13.0. The van der Waals surface area contributed by atoms with Gasteiger partial charge in [-0.05, 0) is 37.5 Å². The first-order valence-corrected chi connectivity index (χ1v) is 40.1. The van der Waals surface area contributed by atoms with E-state index >= 15 is 0 Å². The average Bonchev–Trinajstić information content (AvgIpc) is 3.73. The van der Waals surface area contributed by atoms with Crippen LogP contribution in [-0.4, -0.2) is 96.7 Å². The second-order valence-corrected chi connectivity index (χ2v) is 29.0. The second kappa shape index (κ2) is 63.1. The Kier molecular flexibility index (Phi) is 61.8. The van der Waals surface area contributed by atoms with E-state index in [0.717, 1.165) is 102 Å². The van der Waals surface area contributed by atoms with Crippen LogP contribution in [0.3, 0.4) is 0 Å². The van der Waals surface area contributed by atoms with Crippen molar-refractivity contribution in [1.29, 1.82) is 0 Å². The van der Waals surface area contributed by atoms with Crippen LogP contribution in [0.5, 0.6) is 0 Å². The van der Waals surface area contributed by atoms with Gasteiger partial charge in [-0.3, -0.25) is 37.3 Å². The Balaban J connectivity index is 5.20. The number of hydrogen-bond acceptors (Lipinski definition) is 15. The SMILES string of the molecule is CCCCCCCCCCCCCCCCCCCCCC(=O)O[C@H](COC(=O)CCCCCCCCCCC(C)CC)COP(=O)(O)OC[C@@H](O)COP(=O)(O)OC[C@@H](COC(=O)CCCCCCCCCCC)OC(=O)CCCCCCCCC(C)CC. The molecule has 4 unspecified atom stereocenters. The van der Waals surface area contributed by atoms with Gasteiger partial charge in [0.25, 0.3) is 0 Å². The third-order valence-electron chi connectivity index (χ3n) is 17.2. The van der Waals surface area contributed by atoms with Crippen molar-refractivity contribution in [2.45, 2.75) is 381 Å². The van der Waals surface area contributed by atoms with Gasteiger partial charge in [-0.2, -0.15) is 0 Å². The third kappa shape index (κ3) is 62.2. The second-order valence-electron chi connectivity index (χ2n) is 26.1. The van der Waals surface area contributed by atoms with Crippen LogP contribution in [0.1, 0.15) is 363 Å². The molecule has 0 bridgehead atoms. The summed E-state index contributed by atoms with van der Waals surface area (Å²) < 4.78 is 68.3. The van der Waals surface area contributed by atoms with Crippen LogP contribution < -0.4 is 0 Å². The molecule has 0 rings (SSSR count). The summed E-state index contributed by atoms with van der Waals surface area (Å²) in [5.41, 5.74) is 0. The molecule has 0 aromatic heterocycles. The lowest BCUT2D eigenvalue weighted by atomic mass is 9.99. The minimum Gasteiger partial charge on any atom is -0.462 e. The van der Waals surface area contributed by atoms with Crippen molar-refractivity contribution >= 4 is 39.5 Å². The summed E-state index contributed by atoms with van der Waals surface area (Å²) in [6.45, 7) is 9.49. The number of ether oxygens (including phenoxy) is 4. The Hall–Kier alpha value is -1.94. The quantitative estimate of drug-likeness (QED) is 0.0222. The van der Waals surface area contributed by atoms with Gasteiger partial charge in [-0.25, -0.2) is 9.13 Å². The molecule has 3 N–H and O–H groups in total. The van der Waals surface area contributed by atoms with Crippen LogP contribution in [0.2, 0.25) is 0 Å². The molecule has 0 radical (unpaired) electrons. The number of phosphoric ester groups is 2. The molecule has 0 fully saturated rings. The number of rotatable bonds is 70. The van der Waals surface area contributed by atoms with Gasteiger partial charge in [0.15, 0.2) is 12.2 Å². The van der Waals surface area contributed by atoms with Crippen molar-refractivity contribution in [2.75, 3.05) is 39.6 Å². The standard InChI is InChI=1S/C71H138O17P2/c1-7-11-13-15-17-19-20-21-22-23-24-25-26-27-28-30-36-43-49-55-70(75)87-66(59-82-69(74)54-48-42-35-32-31-33-39-45-51-63(5)9-3)61-85-89(77,78)83-57-65(72)58-84-90(79,80)86-62-67(60-81-68(73)53-47-41-34-29-18-16-14-12-8-2)88-71(76)56-50-44-38-37-40-46-52-64(6)10-4/h63-67,72H,7-62H2,1-6H3,(H,77,78)(H,79,80)/t63?,64?,65-,66-,67-/m1/s1. The van der Waals surface area contributed by atoms with E-state index in [4.69, 9.17) is 37.0 Å². The number of aliphatic hydroxyl groups excluding tert-OH is 1. The zero-order valence-electron chi connectivity index (χ0n) is 58.4. The molecule has 0 aliphatic rings. The highest BCUT2D eigenvalue weighted by atomic mass is 31.2. The van der Waals surface area contributed by atoms with Crippen molar-refractivity contribution in [3.8, 4) is 0 Å². The zero-order chi connectivity index (χ0) is 66.5. The Morgan fingerprint density at radius 1 is 0.311 bits per heavy atom. The van der Waals surface area contributed by atoms with Gasteiger partial charge in [-0.15, -0.1) is 0 Å². The fourth-order valence-corrected chi connectivity index (χ4v) is 12.3. The van der Waals surface area contributed by atoms with E-state index in [1.807, 2.05) is 0 Å². The molecule has 90 heavy (non-hydrogen) atoms. The van der Waals surface area contributed by atoms with Gasteiger partial charge < -0.3 is 33.8 Å². The van der Waals surface area contributed by atoms with Gasteiger partial charge in [0.2, 0.25) is 0 Å². The van der Waals surface area contributed by atoms with Gasteiger partial charge in [0, 0.05) is 25.7 Å². The van der Waals surface area contributed by atoms with E-state index in [0.29, 0.717) is 25.7 Å². The number of carbonyl (C=O) groups is 4. The van der Waals surface area contributed by atoms with E-state index in [2.05, 4.69) is 41.5 Å². The van der Waals surface area contributed by atoms with E-state index in [9.17, 15) is 43.2 Å². The first kappa shape index (κ1) is 88.1. The van der Waals surface area contributed by atoms with Crippen molar-refractivity contribution in [3.05, 3.63) is 0 Å². The fraction of sp³-hybridized carbons (Fsp3) is 0.944. The highest BCUT2D eigenvalue weighted by Crippen LogP contribution is 2.45. The Labute approximate surface area is 549 Å². The number of unbranched alkanes of at least 4 members (excludes halogenated alkanes) is 38. The minimum absolute atomic E-state index is 0.103. The molecule has 7 atom stereocenters. The van der Waals surface area contributed by atoms with Crippen LogP contribution >= 0.6 is 15.6 Å². The highest BCUT2D eigenvalue weighted by molar-refractivity contribution is 7.47. The van der Waals surface area contributed by atoms with Crippen LogP contribution in [0.25, 0.3) is 0 Å². The van der Waals surface area contributed by atoms with Gasteiger partial charge in [-0.1, -0.05) is 311 Å². The Morgan fingerprint density at radius 2 is 0.533 bits per heavy atom. The van der Waals surface area contributed by atoms with Gasteiger partial charge in [0.05, 0.1) is 26.4 Å². The van der Waals surface area contributed by atoms with Gasteiger partial charge in [0.1, 0.15) is 19.3 Å². The molecule has 0 saturated heterocycles. The molecule has 0 aliphatic carbocycles. The van der Waals surface area contributed by atoms with Crippen molar-refractivity contribution < 1.29 is 80.2 Å². The number of aliphatic hydroxyl groups is 1. The monoisotopic (exact) mass is 1320 g/mol. The average molecular weight is 1330 g/mol. The summed E-state index contributed by atoms with van der Waals surface area (Å²) in [6.07, 6.45) is 48.7. The molecule has 0 aromatic carbocycles. The summed E-state index contributed by atoms with van der Waals surface area (Å²) in [5, 5.41) is 10.6.